The first-order chi connectivity index (χ1) is 8.28. The SMILES string of the molecule is Cc1ncc(S(=O)(=O)NC2CCC(C)(C)CC2)[nH]1. The Morgan fingerprint density at radius 3 is 2.50 bits per heavy atom. The van der Waals surface area contributed by atoms with Gasteiger partial charge in [0.15, 0.2) is 5.03 Å². The highest BCUT2D eigenvalue weighted by Gasteiger charge is 2.30. The summed E-state index contributed by atoms with van der Waals surface area (Å²) >= 11 is 0. The molecular weight excluding hydrogens is 250 g/mol. The van der Waals surface area contributed by atoms with Crippen LogP contribution in [0, 0.1) is 12.3 Å². The quantitative estimate of drug-likeness (QED) is 0.882. The average molecular weight is 271 g/mol. The van der Waals surface area contributed by atoms with Gasteiger partial charge in [-0.1, -0.05) is 13.8 Å². The van der Waals surface area contributed by atoms with Gasteiger partial charge in [0, 0.05) is 6.04 Å². The predicted octanol–water partition coefficient (Wildman–Crippen LogP) is 1.97. The van der Waals surface area contributed by atoms with E-state index in [4.69, 9.17) is 0 Å². The molecule has 2 rings (SSSR count). The summed E-state index contributed by atoms with van der Waals surface area (Å²) in [6, 6.07) is 0.0478. The van der Waals surface area contributed by atoms with Crippen LogP contribution in [0.5, 0.6) is 0 Å². The van der Waals surface area contributed by atoms with Crippen LogP contribution in [0.25, 0.3) is 0 Å². The van der Waals surface area contributed by atoms with Gasteiger partial charge in [-0.25, -0.2) is 18.1 Å². The molecule has 6 heteroatoms. The summed E-state index contributed by atoms with van der Waals surface area (Å²) in [5, 5.41) is 0.157. The van der Waals surface area contributed by atoms with Crippen molar-refractivity contribution in [2.45, 2.75) is 57.5 Å². The van der Waals surface area contributed by atoms with Crippen LogP contribution in [0.1, 0.15) is 45.4 Å². The summed E-state index contributed by atoms with van der Waals surface area (Å²) in [7, 11) is -3.44. The highest BCUT2D eigenvalue weighted by Crippen LogP contribution is 2.35. The van der Waals surface area contributed by atoms with Gasteiger partial charge < -0.3 is 4.98 Å². The number of nitrogens with one attached hydrogen (secondary N) is 2. The van der Waals surface area contributed by atoms with Crippen molar-refractivity contribution in [3.05, 3.63) is 12.0 Å². The summed E-state index contributed by atoms with van der Waals surface area (Å²) < 4.78 is 26.9. The minimum Gasteiger partial charge on any atom is -0.332 e. The van der Waals surface area contributed by atoms with Crippen LogP contribution in [0.2, 0.25) is 0 Å². The van der Waals surface area contributed by atoms with Crippen molar-refractivity contribution < 1.29 is 8.42 Å². The summed E-state index contributed by atoms with van der Waals surface area (Å²) in [5.41, 5.74) is 0.340. The molecule has 0 unspecified atom stereocenters. The molecule has 5 nitrogen and oxygen atoms in total. The van der Waals surface area contributed by atoms with Gasteiger partial charge in [0.05, 0.1) is 6.20 Å². The highest BCUT2D eigenvalue weighted by atomic mass is 32.2. The maximum atomic E-state index is 12.1. The van der Waals surface area contributed by atoms with E-state index < -0.39 is 10.0 Å². The van der Waals surface area contributed by atoms with Crippen LogP contribution < -0.4 is 4.72 Å². The molecule has 0 bridgehead atoms. The number of hydrogen-bond donors (Lipinski definition) is 2. The zero-order valence-electron chi connectivity index (χ0n) is 11.2. The van der Waals surface area contributed by atoms with Crippen LogP contribution in [-0.2, 0) is 10.0 Å². The Kier molecular flexibility index (Phi) is 3.51. The molecule has 18 heavy (non-hydrogen) atoms. The monoisotopic (exact) mass is 271 g/mol. The molecule has 1 aromatic heterocycles. The summed E-state index contributed by atoms with van der Waals surface area (Å²) in [4.78, 5) is 6.68. The fourth-order valence-corrected chi connectivity index (χ4v) is 3.61. The first kappa shape index (κ1) is 13.5. The number of aromatic nitrogens is 2. The third kappa shape index (κ3) is 3.11. The van der Waals surface area contributed by atoms with Crippen molar-refractivity contribution >= 4 is 10.0 Å². The van der Waals surface area contributed by atoms with Crippen LogP contribution in [0.3, 0.4) is 0 Å². The van der Waals surface area contributed by atoms with Crippen LogP contribution in [0.4, 0.5) is 0 Å². The standard InChI is InChI=1S/C12H21N3O2S/c1-9-13-8-11(14-9)18(16,17)15-10-4-6-12(2,3)7-5-10/h8,10,15H,4-7H2,1-3H3,(H,13,14). The largest absolute Gasteiger partial charge is 0.332 e. The van der Waals surface area contributed by atoms with Crippen molar-refractivity contribution in [2.75, 3.05) is 0 Å². The van der Waals surface area contributed by atoms with E-state index in [1.54, 1.807) is 6.92 Å². The lowest BCUT2D eigenvalue weighted by Gasteiger charge is -2.34. The van der Waals surface area contributed by atoms with E-state index in [0.29, 0.717) is 11.2 Å². The average Bonchev–Trinajstić information content (AvgIpc) is 2.69. The molecule has 1 aliphatic rings. The number of imidazole rings is 1. The molecule has 2 N–H and O–H groups in total. The summed E-state index contributed by atoms with van der Waals surface area (Å²) in [6.45, 7) is 6.20. The second-order valence-corrected chi connectivity index (χ2v) is 7.58. The van der Waals surface area contributed by atoms with Crippen molar-refractivity contribution in [3.8, 4) is 0 Å². The van der Waals surface area contributed by atoms with Gasteiger partial charge in [-0.3, -0.25) is 0 Å². The van der Waals surface area contributed by atoms with E-state index in [0.717, 1.165) is 25.7 Å². The number of aromatic amines is 1. The topological polar surface area (TPSA) is 74.8 Å². The Morgan fingerprint density at radius 1 is 1.39 bits per heavy atom. The van der Waals surface area contributed by atoms with Gasteiger partial charge in [-0.2, -0.15) is 0 Å². The van der Waals surface area contributed by atoms with E-state index in [-0.39, 0.29) is 11.1 Å². The first-order valence-corrected chi connectivity index (χ1v) is 7.81. The van der Waals surface area contributed by atoms with E-state index in [1.807, 2.05) is 0 Å². The molecule has 0 amide bonds. The van der Waals surface area contributed by atoms with Crippen LogP contribution in [0.15, 0.2) is 11.2 Å². The molecule has 0 radical (unpaired) electrons. The minimum absolute atomic E-state index is 0.0478. The van der Waals surface area contributed by atoms with E-state index >= 15 is 0 Å². The van der Waals surface area contributed by atoms with Gasteiger partial charge in [0.1, 0.15) is 5.82 Å². The van der Waals surface area contributed by atoms with E-state index in [1.165, 1.54) is 6.20 Å². The van der Waals surface area contributed by atoms with Gasteiger partial charge in [0.2, 0.25) is 0 Å². The lowest BCUT2D eigenvalue weighted by molar-refractivity contribution is 0.218. The third-order valence-corrected chi connectivity index (χ3v) is 5.06. The zero-order valence-corrected chi connectivity index (χ0v) is 12.0. The molecule has 0 aromatic carbocycles. The van der Waals surface area contributed by atoms with E-state index in [9.17, 15) is 8.42 Å². The molecular formula is C12H21N3O2S. The molecule has 0 aliphatic heterocycles. The Balaban J connectivity index is 2.02. The maximum Gasteiger partial charge on any atom is 0.257 e. The minimum atomic E-state index is -3.44. The van der Waals surface area contributed by atoms with Crippen molar-refractivity contribution in [1.82, 2.24) is 14.7 Å². The Morgan fingerprint density at radius 2 is 2.00 bits per heavy atom. The molecule has 0 spiro atoms. The molecule has 0 saturated heterocycles. The number of H-pyrrole nitrogens is 1. The number of rotatable bonds is 3. The number of sulfonamides is 1. The predicted molar refractivity (Wildman–Crippen MR) is 69.7 cm³/mol. The molecule has 1 heterocycles. The van der Waals surface area contributed by atoms with Gasteiger partial charge in [-0.05, 0) is 38.0 Å². The number of hydrogen-bond acceptors (Lipinski definition) is 3. The lowest BCUT2D eigenvalue weighted by Crippen LogP contribution is -2.39. The molecule has 102 valence electrons. The molecule has 1 aromatic rings. The molecule has 1 aliphatic carbocycles. The van der Waals surface area contributed by atoms with Crippen molar-refractivity contribution in [3.63, 3.8) is 0 Å². The van der Waals surface area contributed by atoms with Crippen LogP contribution >= 0.6 is 0 Å². The smallest absolute Gasteiger partial charge is 0.257 e. The normalized spacial score (nSPS) is 21.1. The Bertz CT molecular complexity index is 509. The third-order valence-electron chi connectivity index (χ3n) is 3.63. The highest BCUT2D eigenvalue weighted by molar-refractivity contribution is 7.89. The Hall–Kier alpha value is -0.880. The molecule has 0 atom stereocenters. The molecule has 1 fully saturated rings. The summed E-state index contributed by atoms with van der Waals surface area (Å²) in [6.07, 6.45) is 5.29. The molecule has 1 saturated carbocycles. The maximum absolute atomic E-state index is 12.1. The zero-order chi connectivity index (χ0) is 13.4. The Labute approximate surface area is 108 Å². The second kappa shape index (κ2) is 4.66. The number of nitrogens with zero attached hydrogens (tertiary/aromatic N) is 1. The first-order valence-electron chi connectivity index (χ1n) is 6.32. The lowest BCUT2D eigenvalue weighted by atomic mass is 9.76. The second-order valence-electron chi connectivity index (χ2n) is 5.89. The fourth-order valence-electron chi connectivity index (χ4n) is 2.33. The van der Waals surface area contributed by atoms with E-state index in [2.05, 4.69) is 28.5 Å². The summed E-state index contributed by atoms with van der Waals surface area (Å²) in [5.74, 6) is 0.611. The van der Waals surface area contributed by atoms with Gasteiger partial charge in [0.25, 0.3) is 10.0 Å². The fraction of sp³-hybridized carbons (Fsp3) is 0.750. The number of aryl methyl sites for hydroxylation is 1. The van der Waals surface area contributed by atoms with Crippen LogP contribution in [-0.4, -0.2) is 24.4 Å². The van der Waals surface area contributed by atoms with Crippen molar-refractivity contribution in [2.24, 2.45) is 5.41 Å². The van der Waals surface area contributed by atoms with Gasteiger partial charge >= 0.3 is 0 Å². The van der Waals surface area contributed by atoms with Crippen molar-refractivity contribution in [1.29, 1.82) is 0 Å². The van der Waals surface area contributed by atoms with Gasteiger partial charge in [-0.15, -0.1) is 0 Å².